The number of nitrogens with zero attached hydrogens (tertiary/aromatic N) is 1. The Morgan fingerprint density at radius 3 is 2.31 bits per heavy atom. The third-order valence-corrected chi connectivity index (χ3v) is 2.09. The van der Waals surface area contributed by atoms with Crippen molar-refractivity contribution in [3.8, 4) is 11.5 Å². The molecule has 0 unspecified atom stereocenters. The van der Waals surface area contributed by atoms with Gasteiger partial charge in [-0.25, -0.2) is 0 Å². The Hall–Kier alpha value is -2.29. The van der Waals surface area contributed by atoms with Gasteiger partial charge in [0.2, 0.25) is 0 Å². The van der Waals surface area contributed by atoms with Gasteiger partial charge in [-0.2, -0.15) is 0 Å². The summed E-state index contributed by atoms with van der Waals surface area (Å²) in [6.07, 6.45) is 1.67. The second-order valence-electron chi connectivity index (χ2n) is 3.37. The second kappa shape index (κ2) is 4.49. The monoisotopic (exact) mass is 213 g/mol. The molecule has 16 heavy (non-hydrogen) atoms. The van der Waals surface area contributed by atoms with Crippen molar-refractivity contribution in [2.24, 2.45) is 4.99 Å². The van der Waals surface area contributed by atoms with Crippen molar-refractivity contribution in [2.75, 3.05) is 0 Å². The van der Waals surface area contributed by atoms with Crippen molar-refractivity contribution in [3.63, 3.8) is 0 Å². The van der Waals surface area contributed by atoms with Crippen LogP contribution in [0.5, 0.6) is 11.5 Å². The number of aliphatic imine (C=N–C) groups is 1. The molecule has 0 aliphatic rings. The van der Waals surface area contributed by atoms with Gasteiger partial charge in [0.1, 0.15) is 11.5 Å². The van der Waals surface area contributed by atoms with Crippen LogP contribution in [-0.4, -0.2) is 16.4 Å². The molecule has 0 saturated heterocycles. The molecule has 0 saturated carbocycles. The molecule has 0 spiro atoms. The van der Waals surface area contributed by atoms with Gasteiger partial charge in [0.05, 0.1) is 5.69 Å². The highest BCUT2D eigenvalue weighted by atomic mass is 16.3. The van der Waals surface area contributed by atoms with Gasteiger partial charge in [0, 0.05) is 12.3 Å². The van der Waals surface area contributed by atoms with E-state index in [0.717, 1.165) is 5.56 Å². The SMILES string of the molecule is Oc1ccc(/C=N/c2cccc(O)c2)cc1. The van der Waals surface area contributed by atoms with Crippen molar-refractivity contribution < 1.29 is 10.2 Å². The van der Waals surface area contributed by atoms with Crippen LogP contribution in [0.15, 0.2) is 53.5 Å². The zero-order valence-corrected chi connectivity index (χ0v) is 8.54. The summed E-state index contributed by atoms with van der Waals surface area (Å²) in [5.41, 5.74) is 1.58. The molecule has 2 aromatic rings. The minimum atomic E-state index is 0.195. The summed E-state index contributed by atoms with van der Waals surface area (Å²) in [5.74, 6) is 0.426. The lowest BCUT2D eigenvalue weighted by Crippen LogP contribution is -1.78. The van der Waals surface area contributed by atoms with Gasteiger partial charge in [-0.15, -0.1) is 0 Å². The average molecular weight is 213 g/mol. The zero-order valence-electron chi connectivity index (χ0n) is 8.54. The summed E-state index contributed by atoms with van der Waals surface area (Å²) in [7, 11) is 0. The van der Waals surface area contributed by atoms with E-state index >= 15 is 0 Å². The summed E-state index contributed by atoms with van der Waals surface area (Å²) in [6.45, 7) is 0. The van der Waals surface area contributed by atoms with Crippen molar-refractivity contribution in [1.29, 1.82) is 0 Å². The lowest BCUT2D eigenvalue weighted by Gasteiger charge is -1.95. The van der Waals surface area contributed by atoms with Crippen LogP contribution < -0.4 is 0 Å². The maximum absolute atomic E-state index is 9.24. The maximum Gasteiger partial charge on any atom is 0.117 e. The van der Waals surface area contributed by atoms with Gasteiger partial charge < -0.3 is 10.2 Å². The molecule has 0 radical (unpaired) electrons. The first-order chi connectivity index (χ1) is 7.74. The fourth-order valence-corrected chi connectivity index (χ4v) is 1.28. The highest BCUT2D eigenvalue weighted by Gasteiger charge is 1.91. The first-order valence-electron chi connectivity index (χ1n) is 4.86. The summed E-state index contributed by atoms with van der Waals surface area (Å²) >= 11 is 0. The van der Waals surface area contributed by atoms with Crippen LogP contribution in [0.4, 0.5) is 5.69 Å². The van der Waals surface area contributed by atoms with Gasteiger partial charge >= 0.3 is 0 Å². The van der Waals surface area contributed by atoms with E-state index in [0.29, 0.717) is 5.69 Å². The highest BCUT2D eigenvalue weighted by Crippen LogP contribution is 2.18. The van der Waals surface area contributed by atoms with Crippen LogP contribution in [0.1, 0.15) is 5.56 Å². The Morgan fingerprint density at radius 1 is 0.875 bits per heavy atom. The first-order valence-corrected chi connectivity index (χ1v) is 4.86. The van der Waals surface area contributed by atoms with Crippen LogP contribution in [0.25, 0.3) is 0 Å². The van der Waals surface area contributed by atoms with E-state index in [2.05, 4.69) is 4.99 Å². The number of hydrogen-bond donors (Lipinski definition) is 2. The Bertz CT molecular complexity index is 504. The smallest absolute Gasteiger partial charge is 0.117 e. The molecule has 2 aromatic carbocycles. The van der Waals surface area contributed by atoms with Crippen molar-refractivity contribution in [3.05, 3.63) is 54.1 Å². The quantitative estimate of drug-likeness (QED) is 0.753. The van der Waals surface area contributed by atoms with Crippen LogP contribution in [0.3, 0.4) is 0 Å². The lowest BCUT2D eigenvalue weighted by molar-refractivity contribution is 0.475. The molecular formula is C13H11NO2. The standard InChI is InChI=1S/C13H11NO2/c15-12-6-4-10(5-7-12)9-14-11-2-1-3-13(16)8-11/h1-9,15-16H/b14-9+. The lowest BCUT2D eigenvalue weighted by atomic mass is 10.2. The number of rotatable bonds is 2. The molecule has 0 heterocycles. The molecule has 80 valence electrons. The predicted molar refractivity (Wildman–Crippen MR) is 63.5 cm³/mol. The van der Waals surface area contributed by atoms with E-state index < -0.39 is 0 Å². The van der Waals surface area contributed by atoms with Gasteiger partial charge in [-0.05, 0) is 42.0 Å². The first kappa shape index (κ1) is 10.2. The van der Waals surface area contributed by atoms with Crippen LogP contribution >= 0.6 is 0 Å². The fraction of sp³-hybridized carbons (Fsp3) is 0. The van der Waals surface area contributed by atoms with E-state index in [4.69, 9.17) is 5.11 Å². The van der Waals surface area contributed by atoms with E-state index in [1.165, 1.54) is 0 Å². The Morgan fingerprint density at radius 2 is 1.62 bits per heavy atom. The molecule has 0 aliphatic carbocycles. The number of aromatic hydroxyl groups is 2. The molecule has 0 aliphatic heterocycles. The predicted octanol–water partition coefficient (Wildman–Crippen LogP) is 2.85. The van der Waals surface area contributed by atoms with Gasteiger partial charge in [-0.3, -0.25) is 4.99 Å². The fourth-order valence-electron chi connectivity index (χ4n) is 1.28. The van der Waals surface area contributed by atoms with Gasteiger partial charge in [-0.1, -0.05) is 6.07 Å². The molecule has 0 fully saturated rings. The van der Waals surface area contributed by atoms with E-state index in [1.54, 1.807) is 54.7 Å². The minimum absolute atomic E-state index is 0.195. The normalized spacial score (nSPS) is 10.8. The maximum atomic E-state index is 9.24. The molecule has 0 atom stereocenters. The summed E-state index contributed by atoms with van der Waals surface area (Å²) in [4.78, 5) is 4.20. The zero-order chi connectivity index (χ0) is 11.4. The topological polar surface area (TPSA) is 52.8 Å². The van der Waals surface area contributed by atoms with E-state index in [9.17, 15) is 5.11 Å². The second-order valence-corrected chi connectivity index (χ2v) is 3.37. The number of benzene rings is 2. The molecule has 0 bridgehead atoms. The molecule has 3 nitrogen and oxygen atoms in total. The molecule has 2 rings (SSSR count). The molecule has 0 amide bonds. The Kier molecular flexibility index (Phi) is 2.87. The third kappa shape index (κ3) is 2.60. The molecular weight excluding hydrogens is 202 g/mol. The highest BCUT2D eigenvalue weighted by molar-refractivity contribution is 5.82. The summed E-state index contributed by atoms with van der Waals surface area (Å²) in [5, 5.41) is 18.3. The van der Waals surface area contributed by atoms with Crippen molar-refractivity contribution in [1.82, 2.24) is 0 Å². The summed E-state index contributed by atoms with van der Waals surface area (Å²) < 4.78 is 0. The van der Waals surface area contributed by atoms with Crippen LogP contribution in [0.2, 0.25) is 0 Å². The Labute approximate surface area is 93.3 Å². The summed E-state index contributed by atoms with van der Waals surface area (Å²) in [6, 6.07) is 13.4. The third-order valence-electron chi connectivity index (χ3n) is 2.09. The van der Waals surface area contributed by atoms with Crippen LogP contribution in [-0.2, 0) is 0 Å². The molecule has 0 aromatic heterocycles. The largest absolute Gasteiger partial charge is 0.508 e. The van der Waals surface area contributed by atoms with Crippen molar-refractivity contribution >= 4 is 11.9 Å². The average Bonchev–Trinajstić information content (AvgIpc) is 2.28. The molecule has 3 heteroatoms. The number of phenols is 2. The molecule has 2 N–H and O–H groups in total. The number of hydrogen-bond acceptors (Lipinski definition) is 3. The minimum Gasteiger partial charge on any atom is -0.508 e. The Balaban J connectivity index is 2.18. The number of phenolic OH excluding ortho intramolecular Hbond substituents is 2. The van der Waals surface area contributed by atoms with Crippen LogP contribution in [0, 0.1) is 0 Å². The van der Waals surface area contributed by atoms with E-state index in [-0.39, 0.29) is 11.5 Å². The van der Waals surface area contributed by atoms with Gasteiger partial charge in [0.15, 0.2) is 0 Å². The van der Waals surface area contributed by atoms with Crippen molar-refractivity contribution in [2.45, 2.75) is 0 Å². The van der Waals surface area contributed by atoms with E-state index in [1.807, 2.05) is 0 Å². The van der Waals surface area contributed by atoms with Gasteiger partial charge in [0.25, 0.3) is 0 Å².